The Balaban J connectivity index is 1.23. The van der Waals surface area contributed by atoms with Crippen molar-refractivity contribution in [1.82, 2.24) is 15.1 Å². The molecule has 1 aromatic rings. The van der Waals surface area contributed by atoms with Gasteiger partial charge in [0, 0.05) is 42.8 Å². The number of carbonyl (C=O) groups is 2. The molecule has 9 heteroatoms. The highest BCUT2D eigenvalue weighted by Crippen LogP contribution is 2.43. The second-order valence-corrected chi connectivity index (χ2v) is 10.5. The number of carbonyl (C=O) groups excluding carboxylic acids is 2. The number of nitrogens with zero attached hydrogens (tertiary/aromatic N) is 2. The summed E-state index contributed by atoms with van der Waals surface area (Å²) in [5.74, 6) is 0.803. The van der Waals surface area contributed by atoms with Crippen LogP contribution in [0.3, 0.4) is 0 Å². The summed E-state index contributed by atoms with van der Waals surface area (Å²) in [6.45, 7) is 5.91. The van der Waals surface area contributed by atoms with Crippen LogP contribution in [0.15, 0.2) is 35.7 Å². The quantitative estimate of drug-likeness (QED) is 0.606. The molecule has 30 heavy (non-hydrogen) atoms. The fraction of sp³-hybridized carbons (Fsp3) is 0.524. The fourth-order valence-corrected chi connectivity index (χ4v) is 6.50. The number of amides is 2. The molecular weight excluding hydrogens is 420 g/mol. The number of benzene rings is 1. The molecule has 0 spiro atoms. The second-order valence-electron chi connectivity index (χ2n) is 8.23. The molecule has 1 aromatic carbocycles. The Hall–Kier alpha value is -1.68. The normalized spacial score (nSPS) is 29.3. The molecule has 5 rings (SSSR count). The molecule has 3 aliphatic heterocycles. The van der Waals surface area contributed by atoms with Gasteiger partial charge >= 0.3 is 0 Å². The van der Waals surface area contributed by atoms with Crippen molar-refractivity contribution < 1.29 is 14.7 Å². The lowest BCUT2D eigenvalue weighted by molar-refractivity contribution is -0.147. The van der Waals surface area contributed by atoms with Crippen LogP contribution in [0.1, 0.15) is 23.8 Å². The lowest BCUT2D eigenvalue weighted by atomic mass is 10.1. The van der Waals surface area contributed by atoms with Gasteiger partial charge in [-0.3, -0.25) is 14.9 Å². The van der Waals surface area contributed by atoms with Crippen LogP contribution < -0.4 is 10.6 Å². The Bertz CT molecular complexity index is 883. The smallest absolute Gasteiger partial charge is 0.254 e. The van der Waals surface area contributed by atoms with E-state index in [0.29, 0.717) is 39.0 Å². The standard InChI is InChI=1S/C21H26N4O3S2/c1-2-14-17(30-18(23-14)13-3-4-16-15(11-13)22-12-29-16)19(26)24-7-9-25(10-8-24)20(27)21(28)5-6-21/h2-4,11,14,17-18,22-23,28H,1,5-10,12H2. The van der Waals surface area contributed by atoms with Crippen molar-refractivity contribution in [3.8, 4) is 0 Å². The highest BCUT2D eigenvalue weighted by Gasteiger charge is 2.50. The molecule has 7 nitrogen and oxygen atoms in total. The summed E-state index contributed by atoms with van der Waals surface area (Å²) in [5, 5.41) is 16.8. The average molecular weight is 447 g/mol. The molecule has 2 saturated heterocycles. The van der Waals surface area contributed by atoms with Gasteiger partial charge in [-0.2, -0.15) is 0 Å². The molecule has 0 radical (unpaired) electrons. The SMILES string of the molecule is C=CC1NC(c2ccc3c(c2)NCS3)SC1C(=O)N1CCN(C(=O)C2(O)CC2)CC1. The number of nitrogens with one attached hydrogen (secondary N) is 2. The molecule has 0 bridgehead atoms. The minimum atomic E-state index is -1.14. The summed E-state index contributed by atoms with van der Waals surface area (Å²) in [6, 6.07) is 6.33. The maximum absolute atomic E-state index is 13.3. The zero-order chi connectivity index (χ0) is 20.9. The molecule has 3 N–H and O–H groups in total. The Morgan fingerprint density at radius 2 is 1.93 bits per heavy atom. The van der Waals surface area contributed by atoms with Gasteiger partial charge in [0.25, 0.3) is 5.91 Å². The number of rotatable bonds is 4. The lowest BCUT2D eigenvalue weighted by Gasteiger charge is -2.37. The van der Waals surface area contributed by atoms with Crippen molar-refractivity contribution in [2.75, 3.05) is 37.4 Å². The predicted molar refractivity (Wildman–Crippen MR) is 119 cm³/mol. The molecule has 1 saturated carbocycles. The minimum absolute atomic E-state index is 0.0339. The Morgan fingerprint density at radius 1 is 1.20 bits per heavy atom. The molecule has 3 unspecified atom stereocenters. The third-order valence-corrected chi connectivity index (χ3v) is 8.67. The highest BCUT2D eigenvalue weighted by atomic mass is 32.2. The monoisotopic (exact) mass is 446 g/mol. The molecule has 1 aliphatic carbocycles. The Labute approximate surface area is 184 Å². The van der Waals surface area contributed by atoms with Crippen molar-refractivity contribution in [2.24, 2.45) is 0 Å². The number of hydrogen-bond donors (Lipinski definition) is 3. The summed E-state index contributed by atoms with van der Waals surface area (Å²) >= 11 is 3.43. The first-order valence-electron chi connectivity index (χ1n) is 10.3. The van der Waals surface area contributed by atoms with Gasteiger partial charge in [-0.25, -0.2) is 0 Å². The number of fused-ring (bicyclic) bond motifs is 1. The van der Waals surface area contributed by atoms with Gasteiger partial charge in [0.05, 0.1) is 11.3 Å². The largest absolute Gasteiger partial charge is 0.380 e. The number of hydrogen-bond acceptors (Lipinski definition) is 7. The Kier molecular flexibility index (Phi) is 5.25. The summed E-state index contributed by atoms with van der Waals surface area (Å²) < 4.78 is 0. The van der Waals surface area contributed by atoms with Crippen molar-refractivity contribution >= 4 is 41.0 Å². The van der Waals surface area contributed by atoms with E-state index in [1.807, 2.05) is 11.0 Å². The van der Waals surface area contributed by atoms with Crippen LogP contribution in [0.5, 0.6) is 0 Å². The van der Waals surface area contributed by atoms with Crippen LogP contribution in [0, 0.1) is 0 Å². The van der Waals surface area contributed by atoms with Crippen LogP contribution in [0.4, 0.5) is 5.69 Å². The lowest BCUT2D eigenvalue weighted by Crippen LogP contribution is -2.55. The van der Waals surface area contributed by atoms with Crippen molar-refractivity contribution in [3.63, 3.8) is 0 Å². The average Bonchev–Trinajstić information content (AvgIpc) is 3.19. The number of anilines is 1. The minimum Gasteiger partial charge on any atom is -0.380 e. The predicted octanol–water partition coefficient (Wildman–Crippen LogP) is 1.62. The zero-order valence-corrected chi connectivity index (χ0v) is 18.3. The second kappa shape index (κ2) is 7.78. The summed E-state index contributed by atoms with van der Waals surface area (Å²) in [4.78, 5) is 30.4. The molecular formula is C21H26N4O3S2. The van der Waals surface area contributed by atoms with E-state index >= 15 is 0 Å². The summed E-state index contributed by atoms with van der Waals surface area (Å²) in [7, 11) is 0. The maximum atomic E-state index is 13.3. The van der Waals surface area contributed by atoms with E-state index in [1.165, 1.54) is 4.90 Å². The van der Waals surface area contributed by atoms with Crippen LogP contribution in [0.2, 0.25) is 0 Å². The van der Waals surface area contributed by atoms with Gasteiger partial charge in [0.15, 0.2) is 0 Å². The van der Waals surface area contributed by atoms with Gasteiger partial charge in [-0.05, 0) is 30.5 Å². The van der Waals surface area contributed by atoms with Crippen molar-refractivity contribution in [3.05, 3.63) is 36.4 Å². The molecule has 160 valence electrons. The molecule has 3 fully saturated rings. The van der Waals surface area contributed by atoms with E-state index in [0.717, 1.165) is 17.1 Å². The first kappa shape index (κ1) is 20.2. The molecule has 3 heterocycles. The third-order valence-electron chi connectivity index (χ3n) is 6.25. The number of thioether (sulfide) groups is 2. The molecule has 3 atom stereocenters. The van der Waals surface area contributed by atoms with E-state index in [1.54, 1.807) is 28.4 Å². The fourth-order valence-electron chi connectivity index (χ4n) is 4.21. The first-order valence-corrected chi connectivity index (χ1v) is 12.3. The van der Waals surface area contributed by atoms with E-state index in [2.05, 4.69) is 35.4 Å². The van der Waals surface area contributed by atoms with E-state index in [4.69, 9.17) is 0 Å². The summed E-state index contributed by atoms with van der Waals surface area (Å²) in [5.41, 5.74) is 1.17. The highest BCUT2D eigenvalue weighted by molar-refractivity contribution is 8.01. The van der Waals surface area contributed by atoms with E-state index < -0.39 is 5.60 Å². The first-order chi connectivity index (χ1) is 14.5. The van der Waals surface area contributed by atoms with Gasteiger partial charge in [0.2, 0.25) is 5.91 Å². The van der Waals surface area contributed by atoms with Gasteiger partial charge in [-0.15, -0.1) is 30.1 Å². The third kappa shape index (κ3) is 3.62. The van der Waals surface area contributed by atoms with Crippen LogP contribution in [-0.2, 0) is 9.59 Å². The van der Waals surface area contributed by atoms with Crippen LogP contribution in [-0.4, -0.2) is 75.7 Å². The van der Waals surface area contributed by atoms with Gasteiger partial charge in [-0.1, -0.05) is 12.1 Å². The number of piperazine rings is 1. The van der Waals surface area contributed by atoms with Crippen molar-refractivity contribution in [1.29, 1.82) is 0 Å². The Morgan fingerprint density at radius 3 is 2.63 bits per heavy atom. The van der Waals surface area contributed by atoms with E-state index in [9.17, 15) is 14.7 Å². The van der Waals surface area contributed by atoms with Gasteiger partial charge < -0.3 is 20.2 Å². The zero-order valence-electron chi connectivity index (χ0n) is 16.7. The van der Waals surface area contributed by atoms with Crippen molar-refractivity contribution in [2.45, 2.75) is 40.0 Å². The van der Waals surface area contributed by atoms with Gasteiger partial charge in [0.1, 0.15) is 10.9 Å². The topological polar surface area (TPSA) is 84.9 Å². The summed E-state index contributed by atoms with van der Waals surface area (Å²) in [6.07, 6.45) is 2.92. The number of aliphatic hydroxyl groups is 1. The molecule has 2 amide bonds. The maximum Gasteiger partial charge on any atom is 0.254 e. The van der Waals surface area contributed by atoms with E-state index in [-0.39, 0.29) is 28.5 Å². The molecule has 0 aromatic heterocycles. The molecule has 4 aliphatic rings. The van der Waals surface area contributed by atoms with Crippen LogP contribution in [0.25, 0.3) is 0 Å². The van der Waals surface area contributed by atoms with Crippen LogP contribution >= 0.6 is 23.5 Å².